The zero-order chi connectivity index (χ0) is 25.2. The van der Waals surface area contributed by atoms with Crippen molar-refractivity contribution >= 4 is 11.8 Å². The van der Waals surface area contributed by atoms with Gasteiger partial charge in [0.05, 0.1) is 13.7 Å². The molecule has 1 fully saturated rings. The fourth-order valence-corrected chi connectivity index (χ4v) is 4.99. The number of aryl methyl sites for hydroxylation is 1. The molecule has 4 rings (SSSR count). The van der Waals surface area contributed by atoms with E-state index in [1.165, 1.54) is 5.56 Å². The first-order chi connectivity index (χ1) is 16.7. The highest BCUT2D eigenvalue weighted by atomic mass is 16.5. The number of benzene rings is 2. The van der Waals surface area contributed by atoms with Crippen LogP contribution in [0.15, 0.2) is 36.4 Å². The molecule has 0 unspecified atom stereocenters. The van der Waals surface area contributed by atoms with E-state index in [1.54, 1.807) is 18.1 Å². The van der Waals surface area contributed by atoms with E-state index in [9.17, 15) is 14.7 Å². The van der Waals surface area contributed by atoms with Gasteiger partial charge in [-0.2, -0.15) is 0 Å². The number of piperazine rings is 1. The first kappa shape index (κ1) is 25.0. The zero-order valence-corrected chi connectivity index (χ0v) is 20.9. The van der Waals surface area contributed by atoms with Crippen LogP contribution in [0.3, 0.4) is 0 Å². The van der Waals surface area contributed by atoms with Gasteiger partial charge in [0.25, 0.3) is 5.91 Å². The van der Waals surface area contributed by atoms with Crippen LogP contribution in [0, 0.1) is 0 Å². The Hall–Kier alpha value is -3.10. The monoisotopic (exact) mass is 480 g/mol. The molecule has 0 aromatic heterocycles. The molecule has 3 N–H and O–H groups in total. The van der Waals surface area contributed by atoms with Crippen LogP contribution in [-0.4, -0.2) is 77.0 Å². The van der Waals surface area contributed by atoms with Crippen molar-refractivity contribution in [2.75, 3.05) is 39.8 Å². The summed E-state index contributed by atoms with van der Waals surface area (Å²) in [5, 5.41) is 9.86. The average molecular weight is 481 g/mol. The van der Waals surface area contributed by atoms with E-state index >= 15 is 0 Å². The molecule has 0 bridgehead atoms. The SMILES string of the molecule is COc1cc(CCC(C)(C)N2Cc3cccc(C(=O)N4CCN(C(=O)CN)CC4)c3C2)ccc1O. The van der Waals surface area contributed by atoms with Gasteiger partial charge in [0, 0.05) is 50.4 Å². The lowest BCUT2D eigenvalue weighted by atomic mass is 9.93. The van der Waals surface area contributed by atoms with Crippen LogP contribution in [-0.2, 0) is 24.3 Å². The molecule has 0 atom stereocenters. The molecule has 1 saturated heterocycles. The number of hydrogen-bond acceptors (Lipinski definition) is 6. The highest BCUT2D eigenvalue weighted by molar-refractivity contribution is 5.96. The topological polar surface area (TPSA) is 99.3 Å². The van der Waals surface area contributed by atoms with Gasteiger partial charge in [-0.05, 0) is 61.6 Å². The summed E-state index contributed by atoms with van der Waals surface area (Å²) < 4.78 is 5.25. The Morgan fingerprint density at radius 2 is 1.77 bits per heavy atom. The number of phenolic OH excluding ortho intramolecular Hbond substituents is 1. The number of hydrogen-bond donors (Lipinski definition) is 2. The number of ether oxygens (including phenoxy) is 1. The Kier molecular flexibility index (Phi) is 7.33. The van der Waals surface area contributed by atoms with Crippen molar-refractivity contribution in [2.24, 2.45) is 5.73 Å². The van der Waals surface area contributed by atoms with Crippen molar-refractivity contribution < 1.29 is 19.4 Å². The number of fused-ring (bicyclic) bond motifs is 1. The Labute approximate surface area is 207 Å². The second-order valence-electron chi connectivity index (χ2n) is 10.00. The van der Waals surface area contributed by atoms with E-state index in [-0.39, 0.29) is 29.6 Å². The van der Waals surface area contributed by atoms with E-state index in [0.717, 1.165) is 42.6 Å². The molecule has 0 saturated carbocycles. The number of methoxy groups -OCH3 is 1. The molecule has 2 aromatic rings. The second-order valence-corrected chi connectivity index (χ2v) is 10.00. The molecule has 8 heteroatoms. The maximum Gasteiger partial charge on any atom is 0.254 e. The van der Waals surface area contributed by atoms with Crippen LogP contribution in [0.25, 0.3) is 0 Å². The standard InChI is InChI=1S/C27H36N4O4/c1-27(2,10-9-19-7-8-23(32)24(15-19)35-3)31-17-20-5-4-6-21(22(20)18-31)26(34)30-13-11-29(12-14-30)25(33)16-28/h4-8,15,32H,9-14,16-18,28H2,1-3H3. The third-order valence-electron chi connectivity index (χ3n) is 7.43. The van der Waals surface area contributed by atoms with Crippen molar-refractivity contribution in [2.45, 2.75) is 45.3 Å². The molecule has 0 spiro atoms. The highest BCUT2D eigenvalue weighted by Crippen LogP contribution is 2.35. The molecule has 0 radical (unpaired) electrons. The fraction of sp³-hybridized carbons (Fsp3) is 0.481. The van der Waals surface area contributed by atoms with Crippen LogP contribution >= 0.6 is 0 Å². The predicted octanol–water partition coefficient (Wildman–Crippen LogP) is 2.37. The minimum Gasteiger partial charge on any atom is -0.504 e. The highest BCUT2D eigenvalue weighted by Gasteiger charge is 2.34. The number of aromatic hydroxyl groups is 1. The van der Waals surface area contributed by atoms with Crippen molar-refractivity contribution in [3.8, 4) is 11.5 Å². The predicted molar refractivity (Wildman–Crippen MR) is 134 cm³/mol. The number of rotatable bonds is 7. The molecular formula is C27H36N4O4. The molecule has 2 heterocycles. The van der Waals surface area contributed by atoms with Gasteiger partial charge in [0.1, 0.15) is 0 Å². The quantitative estimate of drug-likeness (QED) is 0.631. The summed E-state index contributed by atoms with van der Waals surface area (Å²) in [6, 6.07) is 11.5. The maximum atomic E-state index is 13.4. The molecule has 2 amide bonds. The summed E-state index contributed by atoms with van der Waals surface area (Å²) in [7, 11) is 1.56. The first-order valence-corrected chi connectivity index (χ1v) is 12.2. The van der Waals surface area contributed by atoms with Gasteiger partial charge in [-0.1, -0.05) is 18.2 Å². The molecule has 35 heavy (non-hydrogen) atoms. The van der Waals surface area contributed by atoms with Gasteiger partial charge in [0.15, 0.2) is 11.5 Å². The lowest BCUT2D eigenvalue weighted by Gasteiger charge is -2.36. The lowest BCUT2D eigenvalue weighted by Crippen LogP contribution is -2.52. The summed E-state index contributed by atoms with van der Waals surface area (Å²) >= 11 is 0. The van der Waals surface area contributed by atoms with Gasteiger partial charge < -0.3 is 25.4 Å². The summed E-state index contributed by atoms with van der Waals surface area (Å²) in [4.78, 5) is 31.3. The third-order valence-corrected chi connectivity index (χ3v) is 7.43. The lowest BCUT2D eigenvalue weighted by molar-refractivity contribution is -0.131. The number of carbonyl (C=O) groups is 2. The van der Waals surface area contributed by atoms with Crippen molar-refractivity contribution in [1.82, 2.24) is 14.7 Å². The molecule has 0 aliphatic carbocycles. The van der Waals surface area contributed by atoms with E-state index in [0.29, 0.717) is 31.9 Å². The van der Waals surface area contributed by atoms with Crippen LogP contribution in [0.5, 0.6) is 11.5 Å². The number of nitrogens with zero attached hydrogens (tertiary/aromatic N) is 3. The molecule has 2 aliphatic heterocycles. The number of nitrogens with two attached hydrogens (primary N) is 1. The van der Waals surface area contributed by atoms with Crippen LogP contribution in [0.2, 0.25) is 0 Å². The van der Waals surface area contributed by atoms with Gasteiger partial charge in [-0.15, -0.1) is 0 Å². The van der Waals surface area contributed by atoms with Crippen molar-refractivity contribution in [1.29, 1.82) is 0 Å². The minimum absolute atomic E-state index is 0.00600. The molecule has 2 aliphatic rings. The van der Waals surface area contributed by atoms with Gasteiger partial charge in [0.2, 0.25) is 5.91 Å². The largest absolute Gasteiger partial charge is 0.504 e. The normalized spacial score (nSPS) is 16.3. The smallest absolute Gasteiger partial charge is 0.254 e. The van der Waals surface area contributed by atoms with Gasteiger partial charge in [-0.25, -0.2) is 0 Å². The van der Waals surface area contributed by atoms with E-state index in [4.69, 9.17) is 10.5 Å². The second kappa shape index (κ2) is 10.3. The zero-order valence-electron chi connectivity index (χ0n) is 20.9. The maximum absolute atomic E-state index is 13.4. The van der Waals surface area contributed by atoms with Crippen LogP contribution in [0.4, 0.5) is 0 Å². The van der Waals surface area contributed by atoms with E-state index in [2.05, 4.69) is 24.8 Å². The molecule has 2 aromatic carbocycles. The summed E-state index contributed by atoms with van der Waals surface area (Å²) in [6.45, 7) is 8.13. The Balaban J connectivity index is 1.42. The summed E-state index contributed by atoms with van der Waals surface area (Å²) in [5.74, 6) is 0.610. The third kappa shape index (κ3) is 5.28. The van der Waals surface area contributed by atoms with Crippen LogP contribution in [0.1, 0.15) is 47.3 Å². The molecule has 8 nitrogen and oxygen atoms in total. The minimum atomic E-state index is -0.0847. The number of phenols is 1. The van der Waals surface area contributed by atoms with E-state index < -0.39 is 0 Å². The summed E-state index contributed by atoms with van der Waals surface area (Å²) in [5.41, 5.74) is 9.59. The fourth-order valence-electron chi connectivity index (χ4n) is 4.99. The van der Waals surface area contributed by atoms with Crippen LogP contribution < -0.4 is 10.5 Å². The van der Waals surface area contributed by atoms with Gasteiger partial charge >= 0.3 is 0 Å². The Morgan fingerprint density at radius 3 is 2.46 bits per heavy atom. The first-order valence-electron chi connectivity index (χ1n) is 12.2. The van der Waals surface area contributed by atoms with Crippen molar-refractivity contribution in [3.05, 3.63) is 58.7 Å². The molecule has 188 valence electrons. The average Bonchev–Trinajstić information content (AvgIpc) is 3.33. The van der Waals surface area contributed by atoms with Crippen molar-refractivity contribution in [3.63, 3.8) is 0 Å². The number of amides is 2. The molecular weight excluding hydrogens is 444 g/mol. The van der Waals surface area contributed by atoms with Gasteiger partial charge in [-0.3, -0.25) is 14.5 Å². The Bertz CT molecular complexity index is 1090. The summed E-state index contributed by atoms with van der Waals surface area (Å²) in [6.07, 6.45) is 1.78. The van der Waals surface area contributed by atoms with E-state index in [1.807, 2.05) is 29.2 Å². The number of carbonyl (C=O) groups excluding carboxylic acids is 2. The Morgan fingerprint density at radius 1 is 1.06 bits per heavy atom.